The number of ether oxygens (including phenoxy) is 1. The molecule has 0 aliphatic carbocycles. The molecule has 0 bridgehead atoms. The number of hydrogen-bond acceptors (Lipinski definition) is 5. The van der Waals surface area contributed by atoms with E-state index in [4.69, 9.17) is 24.5 Å². The van der Waals surface area contributed by atoms with Crippen molar-refractivity contribution < 1.29 is 29.3 Å². The third-order valence-corrected chi connectivity index (χ3v) is 1.26. The summed E-state index contributed by atoms with van der Waals surface area (Å²) in [5.74, 6) is 0. The molecular formula is C5H10O5. The van der Waals surface area contributed by atoms with E-state index in [2.05, 4.69) is 4.74 Å². The van der Waals surface area contributed by atoms with Crippen molar-refractivity contribution in [1.29, 1.82) is 0 Å². The van der Waals surface area contributed by atoms with Crippen molar-refractivity contribution in [2.45, 2.75) is 24.6 Å². The second-order valence-electron chi connectivity index (χ2n) is 1.94. The fourth-order valence-electron chi connectivity index (χ4n) is 0.684. The van der Waals surface area contributed by atoms with Gasteiger partial charge in [0, 0.05) is 0 Å². The highest BCUT2D eigenvalue weighted by atomic mass is 16.6. The Hall–Kier alpha value is -0.200. The summed E-state index contributed by atoms with van der Waals surface area (Å²) in [6, 6.07) is 0. The quantitative estimate of drug-likeness (QED) is 0.332. The summed E-state index contributed by atoms with van der Waals surface area (Å²) in [4.78, 5) is 0. The average Bonchev–Trinajstić information content (AvgIpc) is 2.12. The van der Waals surface area contributed by atoms with Crippen molar-refractivity contribution in [2.24, 2.45) is 0 Å². The molecule has 0 aromatic heterocycles. The van der Waals surface area contributed by atoms with Crippen molar-refractivity contribution in [3.8, 4) is 0 Å². The molecule has 2 unspecified atom stereocenters. The molecule has 5 heteroatoms. The van der Waals surface area contributed by atoms with Crippen molar-refractivity contribution in [3.05, 3.63) is 0 Å². The summed E-state index contributed by atoms with van der Waals surface area (Å²) >= 11 is 0. The predicted octanol–water partition coefficient (Wildman–Crippen LogP) is -2.58. The molecule has 5 nitrogen and oxygen atoms in total. The molecule has 1 aliphatic heterocycles. The van der Waals surface area contributed by atoms with Crippen LogP contribution < -0.4 is 0 Å². The molecule has 1 fully saturated rings. The average molecular weight is 153 g/mol. The summed E-state index contributed by atoms with van der Waals surface area (Å²) in [6.07, 6.45) is -8.45. The molecule has 1 saturated heterocycles. The molecule has 0 saturated carbocycles. The topological polar surface area (TPSA) is 90.2 Å². The van der Waals surface area contributed by atoms with Crippen LogP contribution in [0.4, 0.5) is 0 Å². The Kier molecular flexibility index (Phi) is 1.30. The molecule has 0 radical (unpaired) electrons. The molecule has 1 aliphatic rings. The van der Waals surface area contributed by atoms with Crippen LogP contribution in [0.2, 0.25) is 0 Å². The van der Waals surface area contributed by atoms with Crippen LogP contribution in [0.5, 0.6) is 0 Å². The van der Waals surface area contributed by atoms with E-state index in [-0.39, 0.29) is 0 Å². The lowest BCUT2D eigenvalue weighted by Gasteiger charge is -2.09. The first-order chi connectivity index (χ1) is 5.66. The highest BCUT2D eigenvalue weighted by Gasteiger charge is 2.41. The van der Waals surface area contributed by atoms with Crippen LogP contribution in [0.15, 0.2) is 0 Å². The number of hydrogen-bond donors (Lipinski definition) is 4. The Balaban J connectivity index is 2.84. The van der Waals surface area contributed by atoms with Crippen molar-refractivity contribution in [2.75, 3.05) is 6.56 Å². The summed E-state index contributed by atoms with van der Waals surface area (Å²) in [5, 5.41) is 35.7. The zero-order chi connectivity index (χ0) is 10.4. The van der Waals surface area contributed by atoms with E-state index in [1.54, 1.807) is 0 Å². The largest absolute Gasteiger partial charge is 0.394 e. The van der Waals surface area contributed by atoms with E-state index >= 15 is 0 Å². The van der Waals surface area contributed by atoms with E-state index in [1.807, 2.05) is 0 Å². The molecule has 1 heterocycles. The van der Waals surface area contributed by atoms with Gasteiger partial charge < -0.3 is 25.2 Å². The van der Waals surface area contributed by atoms with Crippen molar-refractivity contribution in [1.82, 2.24) is 0 Å². The first kappa shape index (κ1) is 4.63. The lowest BCUT2D eigenvalue weighted by molar-refractivity contribution is -0.132. The second kappa shape index (κ2) is 2.81. The molecule has 1 rings (SSSR count). The van der Waals surface area contributed by atoms with Gasteiger partial charge in [-0.3, -0.25) is 0 Å². The fourth-order valence-corrected chi connectivity index (χ4v) is 0.684. The van der Waals surface area contributed by atoms with E-state index in [1.165, 1.54) is 0 Å². The number of rotatable bonds is 1. The monoisotopic (exact) mass is 153 g/mol. The molecule has 0 spiro atoms. The normalized spacial score (nSPS) is 61.2. The Morgan fingerprint density at radius 3 is 2.20 bits per heavy atom. The molecule has 4 atom stereocenters. The minimum atomic E-state index is -2.92. The fraction of sp³-hybridized carbons (Fsp3) is 1.00. The van der Waals surface area contributed by atoms with Crippen molar-refractivity contribution in [3.63, 3.8) is 0 Å². The van der Waals surface area contributed by atoms with Gasteiger partial charge in [0.2, 0.25) is 0 Å². The van der Waals surface area contributed by atoms with Gasteiger partial charge >= 0.3 is 0 Å². The first-order valence-electron chi connectivity index (χ1n) is 4.15. The van der Waals surface area contributed by atoms with Crippen LogP contribution in [0.1, 0.15) is 4.11 Å². The summed E-state index contributed by atoms with van der Waals surface area (Å²) < 4.78 is 24.6. The van der Waals surface area contributed by atoms with Gasteiger partial charge in [-0.15, -0.1) is 0 Å². The molecule has 0 aromatic rings. The maximum Gasteiger partial charge on any atom is 0.184 e. The van der Waals surface area contributed by atoms with E-state index in [0.717, 1.165) is 0 Å². The lowest BCUT2D eigenvalue weighted by Crippen LogP contribution is -2.33. The summed E-state index contributed by atoms with van der Waals surface area (Å²) in [5.41, 5.74) is 0. The summed E-state index contributed by atoms with van der Waals surface area (Å²) in [7, 11) is 0. The minimum absolute atomic E-state index is 1.84. The van der Waals surface area contributed by atoms with Gasteiger partial charge in [0.1, 0.15) is 18.3 Å². The maximum atomic E-state index is 9.07. The van der Waals surface area contributed by atoms with Gasteiger partial charge in [0.05, 0.1) is 10.7 Å². The molecule has 10 heavy (non-hydrogen) atoms. The minimum Gasteiger partial charge on any atom is -0.394 e. The Morgan fingerprint density at radius 2 is 2.00 bits per heavy atom. The van der Waals surface area contributed by atoms with Crippen LogP contribution in [-0.4, -0.2) is 51.6 Å². The highest BCUT2D eigenvalue weighted by Crippen LogP contribution is 2.18. The molecule has 0 amide bonds. The molecular weight excluding hydrogens is 140 g/mol. The van der Waals surface area contributed by atoms with Gasteiger partial charge in [-0.25, -0.2) is 0 Å². The second-order valence-corrected chi connectivity index (χ2v) is 1.94. The van der Waals surface area contributed by atoms with E-state index in [9.17, 15) is 0 Å². The van der Waals surface area contributed by atoms with E-state index < -0.39 is 31.1 Å². The maximum absolute atomic E-state index is 9.07. The third kappa shape index (κ3) is 1.14. The predicted molar refractivity (Wildman–Crippen MR) is 30.0 cm³/mol. The van der Waals surface area contributed by atoms with Gasteiger partial charge in [0.25, 0.3) is 0 Å². The van der Waals surface area contributed by atoms with Crippen molar-refractivity contribution >= 4 is 0 Å². The van der Waals surface area contributed by atoms with Crippen LogP contribution in [-0.2, 0) is 4.74 Å². The van der Waals surface area contributed by atoms with Gasteiger partial charge in [-0.1, -0.05) is 0 Å². The van der Waals surface area contributed by atoms with Crippen LogP contribution in [0, 0.1) is 0 Å². The van der Waals surface area contributed by atoms with E-state index in [0.29, 0.717) is 0 Å². The molecule has 60 valence electrons. The third-order valence-electron chi connectivity index (χ3n) is 1.26. The first-order valence-corrected chi connectivity index (χ1v) is 2.65. The standard InChI is InChI=1S/C5H10O5/c6-1-2-3(7)4(8)5(9)10-2/h2-9H,1H2/t2-,3?,4+,5?/m1/s1/i1D2,5D. The Morgan fingerprint density at radius 1 is 1.40 bits per heavy atom. The zero-order valence-corrected chi connectivity index (χ0v) is 4.93. The Labute approximate surface area is 61.7 Å². The van der Waals surface area contributed by atoms with Crippen LogP contribution >= 0.6 is 0 Å². The highest BCUT2D eigenvalue weighted by molar-refractivity contribution is 4.84. The number of aliphatic hydroxyl groups excluding tert-OH is 2. The molecule has 4 N–H and O–H groups in total. The SMILES string of the molecule is [2H]C([2H])(O)[C@H]1OC([2H])(O)[C@@H](O)C1O. The Bertz CT molecular complexity index is 203. The van der Waals surface area contributed by atoms with Gasteiger partial charge in [-0.2, -0.15) is 0 Å². The molecule has 0 aromatic carbocycles. The van der Waals surface area contributed by atoms with Gasteiger partial charge in [0.15, 0.2) is 6.27 Å². The van der Waals surface area contributed by atoms with Crippen LogP contribution in [0.25, 0.3) is 0 Å². The lowest BCUT2D eigenvalue weighted by atomic mass is 10.1. The zero-order valence-electron chi connectivity index (χ0n) is 7.93. The van der Waals surface area contributed by atoms with Crippen LogP contribution in [0.3, 0.4) is 0 Å². The number of aliphatic hydroxyl groups is 4. The summed E-state index contributed by atoms with van der Waals surface area (Å²) in [6.45, 7) is -2.92. The van der Waals surface area contributed by atoms with Gasteiger partial charge in [-0.05, 0) is 0 Å². The smallest absolute Gasteiger partial charge is 0.184 e.